The number of ether oxygens (including phenoxy) is 1. The number of allylic oxidation sites excluding steroid dienone is 1. The summed E-state index contributed by atoms with van der Waals surface area (Å²) in [6.07, 6.45) is 1.35. The lowest BCUT2D eigenvalue weighted by Gasteiger charge is -2.09. The second-order valence-corrected chi connectivity index (χ2v) is 4.60. The Balaban J connectivity index is 2.65. The van der Waals surface area contributed by atoms with E-state index in [9.17, 15) is 9.90 Å². The van der Waals surface area contributed by atoms with E-state index in [4.69, 9.17) is 4.74 Å². The number of phenols is 1. The molecule has 0 amide bonds. The molecule has 0 spiro atoms. The van der Waals surface area contributed by atoms with Gasteiger partial charge in [0.05, 0.1) is 17.1 Å². The topological polar surface area (TPSA) is 46.5 Å². The Morgan fingerprint density at radius 2 is 2.12 bits per heavy atom. The second kappa shape index (κ2) is 3.94. The van der Waals surface area contributed by atoms with Crippen molar-refractivity contribution in [1.29, 1.82) is 0 Å². The molecule has 0 saturated heterocycles. The first-order valence-corrected chi connectivity index (χ1v) is 5.62. The number of phenolic OH excluding ortho intramolecular Hbond substituents is 1. The minimum absolute atomic E-state index is 0.0638. The van der Waals surface area contributed by atoms with Crippen molar-refractivity contribution in [1.82, 2.24) is 0 Å². The van der Waals surface area contributed by atoms with Crippen molar-refractivity contribution in [3.05, 3.63) is 39.4 Å². The SMILES string of the molecule is C=C1Cc2c(C(=O)OC)cc(O)c(Br)c2C1. The van der Waals surface area contributed by atoms with E-state index in [0.717, 1.165) is 16.7 Å². The number of carbonyl (C=O) groups excluding carboxylic acids is 1. The van der Waals surface area contributed by atoms with Crippen LogP contribution in [0.5, 0.6) is 5.75 Å². The highest BCUT2D eigenvalue weighted by Gasteiger charge is 2.25. The summed E-state index contributed by atoms with van der Waals surface area (Å²) in [5, 5.41) is 9.71. The highest BCUT2D eigenvalue weighted by atomic mass is 79.9. The predicted octanol–water partition coefficient (Wildman–Crippen LogP) is 2.60. The molecule has 1 aromatic rings. The Hall–Kier alpha value is -1.29. The lowest BCUT2D eigenvalue weighted by molar-refractivity contribution is 0.0599. The van der Waals surface area contributed by atoms with Gasteiger partial charge in [0, 0.05) is 0 Å². The van der Waals surface area contributed by atoms with Crippen LogP contribution >= 0.6 is 15.9 Å². The van der Waals surface area contributed by atoms with Crippen LogP contribution in [0.25, 0.3) is 0 Å². The Bertz CT molecular complexity index is 492. The number of hydrogen-bond acceptors (Lipinski definition) is 3. The maximum absolute atomic E-state index is 11.6. The van der Waals surface area contributed by atoms with Crippen molar-refractivity contribution < 1.29 is 14.6 Å². The van der Waals surface area contributed by atoms with Crippen molar-refractivity contribution in [2.75, 3.05) is 7.11 Å². The van der Waals surface area contributed by atoms with E-state index in [1.807, 2.05) is 0 Å². The fraction of sp³-hybridized carbons (Fsp3) is 0.250. The third kappa shape index (κ3) is 1.63. The number of rotatable bonds is 1. The van der Waals surface area contributed by atoms with Crippen LogP contribution in [0.1, 0.15) is 21.5 Å². The van der Waals surface area contributed by atoms with E-state index in [0.29, 0.717) is 22.9 Å². The van der Waals surface area contributed by atoms with Crippen molar-refractivity contribution in [2.45, 2.75) is 12.8 Å². The molecule has 0 bridgehead atoms. The van der Waals surface area contributed by atoms with Crippen molar-refractivity contribution in [3.63, 3.8) is 0 Å². The molecule has 1 aliphatic rings. The molecule has 3 nitrogen and oxygen atoms in total. The Kier molecular flexibility index (Phi) is 2.76. The molecule has 16 heavy (non-hydrogen) atoms. The van der Waals surface area contributed by atoms with Crippen LogP contribution < -0.4 is 0 Å². The summed E-state index contributed by atoms with van der Waals surface area (Å²) >= 11 is 3.32. The third-order valence-electron chi connectivity index (χ3n) is 2.72. The van der Waals surface area contributed by atoms with Gasteiger partial charge in [-0.05, 0) is 46.0 Å². The van der Waals surface area contributed by atoms with Gasteiger partial charge < -0.3 is 9.84 Å². The number of carbonyl (C=O) groups is 1. The summed E-state index contributed by atoms with van der Waals surface area (Å²) in [5.41, 5.74) is 3.30. The van der Waals surface area contributed by atoms with Crippen molar-refractivity contribution in [2.24, 2.45) is 0 Å². The van der Waals surface area contributed by atoms with Gasteiger partial charge in [-0.15, -0.1) is 0 Å². The Labute approximate surface area is 102 Å². The zero-order valence-electron chi connectivity index (χ0n) is 8.84. The molecule has 1 N–H and O–H groups in total. The van der Waals surface area contributed by atoms with Crippen LogP contribution in [0, 0.1) is 0 Å². The minimum atomic E-state index is -0.422. The predicted molar refractivity (Wildman–Crippen MR) is 63.7 cm³/mol. The van der Waals surface area contributed by atoms with Crippen LogP contribution in [-0.2, 0) is 17.6 Å². The van der Waals surface area contributed by atoms with Gasteiger partial charge >= 0.3 is 5.97 Å². The van der Waals surface area contributed by atoms with Crippen molar-refractivity contribution in [3.8, 4) is 5.75 Å². The monoisotopic (exact) mass is 282 g/mol. The molecular weight excluding hydrogens is 272 g/mol. The standard InChI is InChI=1S/C12H11BrO3/c1-6-3-7-8(4-6)11(13)10(14)5-9(7)12(15)16-2/h5,14H,1,3-4H2,2H3. The van der Waals surface area contributed by atoms with Gasteiger partial charge in [-0.25, -0.2) is 4.79 Å². The van der Waals surface area contributed by atoms with E-state index in [2.05, 4.69) is 22.5 Å². The first-order chi connectivity index (χ1) is 7.54. The van der Waals surface area contributed by atoms with Crippen LogP contribution in [0.3, 0.4) is 0 Å². The van der Waals surface area contributed by atoms with E-state index in [-0.39, 0.29) is 5.75 Å². The van der Waals surface area contributed by atoms with E-state index >= 15 is 0 Å². The molecule has 0 fully saturated rings. The van der Waals surface area contributed by atoms with E-state index < -0.39 is 5.97 Å². The van der Waals surface area contributed by atoms with Crippen molar-refractivity contribution >= 4 is 21.9 Å². The van der Waals surface area contributed by atoms with Gasteiger partial charge in [0.25, 0.3) is 0 Å². The fourth-order valence-electron chi connectivity index (χ4n) is 1.98. The summed E-state index contributed by atoms with van der Waals surface area (Å²) in [5.74, 6) is -0.359. The average molecular weight is 283 g/mol. The molecule has 0 unspecified atom stereocenters. The molecule has 1 aromatic carbocycles. The maximum Gasteiger partial charge on any atom is 0.338 e. The van der Waals surface area contributed by atoms with Crippen LogP contribution in [-0.4, -0.2) is 18.2 Å². The van der Waals surface area contributed by atoms with Crippen LogP contribution in [0.2, 0.25) is 0 Å². The van der Waals surface area contributed by atoms with Gasteiger partial charge in [-0.1, -0.05) is 12.2 Å². The molecule has 84 valence electrons. The zero-order chi connectivity index (χ0) is 11.9. The molecule has 4 heteroatoms. The number of esters is 1. The number of benzene rings is 1. The van der Waals surface area contributed by atoms with Crippen LogP contribution in [0.4, 0.5) is 0 Å². The summed E-state index contributed by atoms with van der Waals surface area (Å²) in [4.78, 5) is 11.6. The quantitative estimate of drug-likeness (QED) is 0.636. The first kappa shape index (κ1) is 11.2. The normalized spacial score (nSPS) is 13.8. The fourth-order valence-corrected chi connectivity index (χ4v) is 2.47. The smallest absolute Gasteiger partial charge is 0.338 e. The number of aromatic hydroxyl groups is 1. The van der Waals surface area contributed by atoms with Gasteiger partial charge in [0.15, 0.2) is 0 Å². The summed E-state index contributed by atoms with van der Waals surface area (Å²) < 4.78 is 5.34. The lowest BCUT2D eigenvalue weighted by Crippen LogP contribution is -2.06. The highest BCUT2D eigenvalue weighted by Crippen LogP contribution is 2.39. The number of hydrogen-bond donors (Lipinski definition) is 1. The minimum Gasteiger partial charge on any atom is -0.507 e. The summed E-state index contributed by atoms with van der Waals surface area (Å²) in [6, 6.07) is 1.44. The second-order valence-electron chi connectivity index (χ2n) is 3.81. The molecule has 0 radical (unpaired) electrons. The third-order valence-corrected chi connectivity index (χ3v) is 3.60. The summed E-state index contributed by atoms with van der Waals surface area (Å²) in [6.45, 7) is 3.91. The van der Waals surface area contributed by atoms with Gasteiger partial charge in [-0.3, -0.25) is 0 Å². The number of methoxy groups -OCH3 is 1. The molecule has 0 aliphatic heterocycles. The first-order valence-electron chi connectivity index (χ1n) is 4.82. The van der Waals surface area contributed by atoms with E-state index in [1.165, 1.54) is 13.2 Å². The molecule has 1 aliphatic carbocycles. The lowest BCUT2D eigenvalue weighted by atomic mass is 10.0. The zero-order valence-corrected chi connectivity index (χ0v) is 10.4. The average Bonchev–Trinajstić information content (AvgIpc) is 2.64. The molecular formula is C12H11BrO3. The highest BCUT2D eigenvalue weighted by molar-refractivity contribution is 9.10. The molecule has 0 aromatic heterocycles. The summed E-state index contributed by atoms with van der Waals surface area (Å²) in [7, 11) is 1.33. The van der Waals surface area contributed by atoms with Gasteiger partial charge in [0.2, 0.25) is 0 Å². The van der Waals surface area contributed by atoms with E-state index in [1.54, 1.807) is 0 Å². The molecule has 2 rings (SSSR count). The van der Waals surface area contributed by atoms with Gasteiger partial charge in [-0.2, -0.15) is 0 Å². The maximum atomic E-state index is 11.6. The molecule has 0 saturated carbocycles. The largest absolute Gasteiger partial charge is 0.507 e. The molecule has 0 heterocycles. The Morgan fingerprint density at radius 1 is 1.50 bits per heavy atom. The molecule has 0 atom stereocenters. The number of halogens is 1. The Morgan fingerprint density at radius 3 is 2.75 bits per heavy atom. The number of fused-ring (bicyclic) bond motifs is 1. The van der Waals surface area contributed by atoms with Gasteiger partial charge in [0.1, 0.15) is 5.75 Å². The van der Waals surface area contributed by atoms with Crippen LogP contribution in [0.15, 0.2) is 22.7 Å².